The highest BCUT2D eigenvalue weighted by atomic mass is 32.1. The third-order valence-electron chi connectivity index (χ3n) is 5.33. The second kappa shape index (κ2) is 7.85. The first-order chi connectivity index (χ1) is 14.2. The van der Waals surface area contributed by atoms with Crippen molar-refractivity contribution in [1.82, 2.24) is 19.9 Å². The molecule has 0 amide bonds. The van der Waals surface area contributed by atoms with Crippen molar-refractivity contribution in [2.24, 2.45) is 0 Å². The Morgan fingerprint density at radius 2 is 1.79 bits per heavy atom. The summed E-state index contributed by atoms with van der Waals surface area (Å²) in [5, 5.41) is 0. The van der Waals surface area contributed by atoms with Crippen LogP contribution < -0.4 is 0 Å². The Morgan fingerprint density at radius 1 is 0.966 bits per heavy atom. The van der Waals surface area contributed by atoms with E-state index in [2.05, 4.69) is 58.2 Å². The zero-order chi connectivity index (χ0) is 19.6. The van der Waals surface area contributed by atoms with Crippen molar-refractivity contribution in [2.45, 2.75) is 26.4 Å². The third kappa shape index (κ3) is 3.97. The molecule has 1 aliphatic rings. The predicted molar refractivity (Wildman–Crippen MR) is 118 cm³/mol. The van der Waals surface area contributed by atoms with Gasteiger partial charge in [-0.2, -0.15) is 0 Å². The van der Waals surface area contributed by atoms with E-state index in [1.165, 1.54) is 32.1 Å². The van der Waals surface area contributed by atoms with E-state index in [0.717, 1.165) is 37.4 Å². The average molecular weight is 399 g/mol. The van der Waals surface area contributed by atoms with Crippen molar-refractivity contribution < 1.29 is 0 Å². The molecule has 0 spiro atoms. The molecule has 0 saturated heterocycles. The maximum Gasteiger partial charge on any atom is 0.159 e. The van der Waals surface area contributed by atoms with Crippen LogP contribution in [0.2, 0.25) is 0 Å². The summed E-state index contributed by atoms with van der Waals surface area (Å²) >= 11 is 1.89. The van der Waals surface area contributed by atoms with Gasteiger partial charge in [0.1, 0.15) is 0 Å². The molecule has 3 aromatic heterocycles. The van der Waals surface area contributed by atoms with E-state index < -0.39 is 0 Å². The number of thiophene rings is 1. The van der Waals surface area contributed by atoms with Gasteiger partial charge in [-0.05, 0) is 36.8 Å². The minimum atomic E-state index is 0.792. The second-order valence-electron chi connectivity index (χ2n) is 7.49. The number of aromatic nitrogens is 3. The molecule has 0 radical (unpaired) electrons. The topological polar surface area (TPSA) is 41.9 Å². The summed E-state index contributed by atoms with van der Waals surface area (Å²) in [6.07, 6.45) is 6.53. The molecule has 4 heterocycles. The fourth-order valence-corrected chi connectivity index (χ4v) is 4.76. The maximum atomic E-state index is 4.81. The number of hydrogen-bond donors (Lipinski definition) is 0. The molecule has 5 heteroatoms. The molecule has 144 valence electrons. The monoisotopic (exact) mass is 398 g/mol. The van der Waals surface area contributed by atoms with Crippen LogP contribution in [0.5, 0.6) is 0 Å². The lowest BCUT2D eigenvalue weighted by Crippen LogP contribution is -2.30. The van der Waals surface area contributed by atoms with Crippen LogP contribution in [0.1, 0.15) is 21.7 Å². The van der Waals surface area contributed by atoms with Crippen LogP contribution in [0.25, 0.3) is 21.8 Å². The van der Waals surface area contributed by atoms with Crippen LogP contribution in [-0.2, 0) is 19.5 Å². The first-order valence-corrected chi connectivity index (χ1v) is 10.7. The van der Waals surface area contributed by atoms with Gasteiger partial charge in [-0.25, -0.2) is 9.97 Å². The van der Waals surface area contributed by atoms with E-state index in [0.29, 0.717) is 0 Å². The van der Waals surface area contributed by atoms with E-state index in [1.807, 2.05) is 29.7 Å². The Hall–Kier alpha value is -2.89. The summed E-state index contributed by atoms with van der Waals surface area (Å²) in [4.78, 5) is 18.7. The summed E-state index contributed by atoms with van der Waals surface area (Å²) < 4.78 is 0. The highest BCUT2D eigenvalue weighted by Gasteiger charge is 2.19. The van der Waals surface area contributed by atoms with Crippen molar-refractivity contribution >= 4 is 11.3 Å². The van der Waals surface area contributed by atoms with Gasteiger partial charge in [-0.15, -0.1) is 11.3 Å². The van der Waals surface area contributed by atoms with Crippen LogP contribution in [0.15, 0.2) is 67.1 Å². The van der Waals surface area contributed by atoms with Crippen LogP contribution >= 0.6 is 11.3 Å². The number of benzene rings is 1. The lowest BCUT2D eigenvalue weighted by molar-refractivity contribution is 0.245. The summed E-state index contributed by atoms with van der Waals surface area (Å²) in [5.41, 5.74) is 6.03. The van der Waals surface area contributed by atoms with Crippen molar-refractivity contribution in [2.75, 3.05) is 6.54 Å². The Balaban J connectivity index is 1.29. The molecule has 5 rings (SSSR count). The summed E-state index contributed by atoms with van der Waals surface area (Å²) in [6.45, 7) is 5.03. The fraction of sp³-hybridized carbons (Fsp3) is 0.208. The van der Waals surface area contributed by atoms with Crippen molar-refractivity contribution in [3.8, 4) is 21.8 Å². The van der Waals surface area contributed by atoms with Gasteiger partial charge in [-0.3, -0.25) is 9.88 Å². The van der Waals surface area contributed by atoms with Gasteiger partial charge in [-0.1, -0.05) is 29.8 Å². The molecule has 0 aliphatic carbocycles. The van der Waals surface area contributed by atoms with Crippen LogP contribution in [0.3, 0.4) is 0 Å². The lowest BCUT2D eigenvalue weighted by atomic mass is 10.1. The smallest absolute Gasteiger partial charge is 0.159 e. The van der Waals surface area contributed by atoms with Crippen LogP contribution in [0, 0.1) is 6.92 Å². The molecule has 1 aromatic carbocycles. The number of nitrogens with zero attached hydrogens (tertiary/aromatic N) is 4. The molecule has 0 atom stereocenters. The van der Waals surface area contributed by atoms with E-state index in [1.54, 1.807) is 12.4 Å². The zero-order valence-electron chi connectivity index (χ0n) is 16.4. The summed E-state index contributed by atoms with van der Waals surface area (Å²) in [6, 6.07) is 17.2. The SMILES string of the molecule is Cc1ccc(-c2ccc(CN3CCc4nc(-c5ccncc5)ncc4C3)s2)cc1. The normalized spacial score (nSPS) is 14.0. The molecule has 0 unspecified atom stereocenters. The molecule has 0 N–H and O–H groups in total. The molecule has 0 fully saturated rings. The quantitative estimate of drug-likeness (QED) is 0.478. The minimum absolute atomic E-state index is 0.792. The van der Waals surface area contributed by atoms with E-state index in [-0.39, 0.29) is 0 Å². The Bertz CT molecular complexity index is 1120. The largest absolute Gasteiger partial charge is 0.293 e. The van der Waals surface area contributed by atoms with Gasteiger partial charge in [0.2, 0.25) is 0 Å². The van der Waals surface area contributed by atoms with Crippen molar-refractivity contribution in [3.63, 3.8) is 0 Å². The molecule has 0 saturated carbocycles. The average Bonchev–Trinajstić information content (AvgIpc) is 3.23. The molecular weight excluding hydrogens is 376 g/mol. The molecule has 4 nitrogen and oxygen atoms in total. The number of pyridine rings is 1. The fourth-order valence-electron chi connectivity index (χ4n) is 3.71. The van der Waals surface area contributed by atoms with E-state index in [4.69, 9.17) is 4.98 Å². The van der Waals surface area contributed by atoms with E-state index >= 15 is 0 Å². The van der Waals surface area contributed by atoms with Gasteiger partial charge < -0.3 is 0 Å². The first-order valence-electron chi connectivity index (χ1n) is 9.88. The van der Waals surface area contributed by atoms with Gasteiger partial charge in [0.15, 0.2) is 5.82 Å². The third-order valence-corrected chi connectivity index (χ3v) is 6.45. The van der Waals surface area contributed by atoms with Crippen molar-refractivity contribution in [3.05, 3.63) is 88.8 Å². The van der Waals surface area contributed by atoms with Gasteiger partial charge in [0, 0.05) is 65.5 Å². The van der Waals surface area contributed by atoms with Crippen LogP contribution in [-0.4, -0.2) is 26.4 Å². The molecule has 4 aromatic rings. The highest BCUT2D eigenvalue weighted by molar-refractivity contribution is 7.15. The maximum absolute atomic E-state index is 4.81. The predicted octanol–water partition coefficient (Wildman–Crippen LogP) is 5.13. The number of fused-ring (bicyclic) bond motifs is 1. The summed E-state index contributed by atoms with van der Waals surface area (Å²) in [5.74, 6) is 0.792. The number of aryl methyl sites for hydroxylation is 1. The number of hydrogen-bond acceptors (Lipinski definition) is 5. The van der Waals surface area contributed by atoms with Gasteiger partial charge in [0.25, 0.3) is 0 Å². The zero-order valence-corrected chi connectivity index (χ0v) is 17.2. The Kier molecular flexibility index (Phi) is 4.92. The van der Waals surface area contributed by atoms with E-state index in [9.17, 15) is 0 Å². The second-order valence-corrected chi connectivity index (χ2v) is 8.66. The summed E-state index contributed by atoms with van der Waals surface area (Å²) in [7, 11) is 0. The van der Waals surface area contributed by atoms with Gasteiger partial charge in [0.05, 0.1) is 5.69 Å². The Labute approximate surface area is 174 Å². The molecule has 29 heavy (non-hydrogen) atoms. The van der Waals surface area contributed by atoms with Crippen LogP contribution in [0.4, 0.5) is 0 Å². The minimum Gasteiger partial charge on any atom is -0.293 e. The number of rotatable bonds is 4. The molecule has 0 bridgehead atoms. The van der Waals surface area contributed by atoms with Crippen molar-refractivity contribution in [1.29, 1.82) is 0 Å². The molecular formula is C24H22N4S. The lowest BCUT2D eigenvalue weighted by Gasteiger charge is -2.27. The first kappa shape index (κ1) is 18.2. The standard InChI is InChI=1S/C24H22N4S/c1-17-2-4-18(5-3-17)23-7-6-21(29-23)16-28-13-10-22-20(15-28)14-26-24(27-22)19-8-11-25-12-9-19/h2-9,11-12,14H,10,13,15-16H2,1H3. The van der Waals surface area contributed by atoms with Gasteiger partial charge >= 0.3 is 0 Å². The molecule has 1 aliphatic heterocycles. The highest BCUT2D eigenvalue weighted by Crippen LogP contribution is 2.30. The Morgan fingerprint density at radius 3 is 2.62 bits per heavy atom.